The molecule has 1 aromatic rings. The molecule has 0 aliphatic carbocycles. The summed E-state index contributed by atoms with van der Waals surface area (Å²) >= 11 is 0. The number of nitrogens with zero attached hydrogens (tertiary/aromatic N) is 2. The van der Waals surface area contributed by atoms with E-state index in [4.69, 9.17) is 5.73 Å². The molecule has 0 aliphatic heterocycles. The second-order valence-corrected chi connectivity index (χ2v) is 4.36. The van der Waals surface area contributed by atoms with Crippen molar-refractivity contribution >= 4 is 11.6 Å². The van der Waals surface area contributed by atoms with Crippen molar-refractivity contribution in [2.24, 2.45) is 5.73 Å². The lowest BCUT2D eigenvalue weighted by Crippen LogP contribution is -2.34. The van der Waals surface area contributed by atoms with E-state index in [2.05, 4.69) is 11.9 Å². The molecule has 18 heavy (non-hydrogen) atoms. The van der Waals surface area contributed by atoms with E-state index in [0.29, 0.717) is 5.69 Å². The first kappa shape index (κ1) is 14.4. The molecule has 5 nitrogen and oxygen atoms in total. The number of aromatic nitrogens is 1. The van der Waals surface area contributed by atoms with Crippen LogP contribution in [0, 0.1) is 0 Å². The molecular weight excluding hydrogens is 230 g/mol. The van der Waals surface area contributed by atoms with Gasteiger partial charge in [0, 0.05) is 6.54 Å². The quantitative estimate of drug-likeness (QED) is 0.763. The molecule has 0 saturated heterocycles. The highest BCUT2D eigenvalue weighted by molar-refractivity contribution is 5.79. The maximum Gasteiger partial charge on any atom is 0.236 e. The number of hydrogen-bond donors (Lipinski definition) is 2. The van der Waals surface area contributed by atoms with Gasteiger partial charge in [-0.1, -0.05) is 13.3 Å². The van der Waals surface area contributed by atoms with Crippen LogP contribution in [0.2, 0.25) is 0 Å². The summed E-state index contributed by atoms with van der Waals surface area (Å²) in [5, 5.41) is 9.39. The van der Waals surface area contributed by atoms with E-state index >= 15 is 0 Å². The van der Waals surface area contributed by atoms with Crippen LogP contribution < -0.4 is 10.6 Å². The molecule has 1 heterocycles. The number of carbonyl (C=O) groups excluding carboxylic acids is 1. The average Bonchev–Trinajstić information content (AvgIpc) is 2.34. The summed E-state index contributed by atoms with van der Waals surface area (Å²) < 4.78 is 0. The van der Waals surface area contributed by atoms with Gasteiger partial charge >= 0.3 is 0 Å². The number of carbonyl (C=O) groups is 1. The molecular formula is C13H21N3O2. The molecule has 0 spiro atoms. The van der Waals surface area contributed by atoms with E-state index in [1.165, 1.54) is 0 Å². The summed E-state index contributed by atoms with van der Waals surface area (Å²) in [4.78, 5) is 17.1. The Morgan fingerprint density at radius 1 is 1.56 bits per heavy atom. The predicted molar refractivity (Wildman–Crippen MR) is 71.2 cm³/mol. The van der Waals surface area contributed by atoms with Gasteiger partial charge in [-0.2, -0.15) is 0 Å². The lowest BCUT2D eigenvalue weighted by atomic mass is 10.2. The standard InChI is InChI=1S/C13H21N3O2/c1-3-4-7-16(9-13(14)18)11-5-6-12(10(2)17)15-8-11/h5-6,8,10,17H,3-4,7,9H2,1-2H3,(H2,14,18). The number of anilines is 1. The molecule has 5 heteroatoms. The number of rotatable bonds is 7. The number of pyridine rings is 1. The number of primary amides is 1. The summed E-state index contributed by atoms with van der Waals surface area (Å²) in [7, 11) is 0. The normalized spacial score (nSPS) is 12.2. The first-order chi connectivity index (χ1) is 8.54. The maximum absolute atomic E-state index is 11.0. The SMILES string of the molecule is CCCCN(CC(N)=O)c1ccc(C(C)O)nc1. The molecule has 0 bridgehead atoms. The fourth-order valence-electron chi connectivity index (χ4n) is 1.67. The van der Waals surface area contributed by atoms with Gasteiger partial charge in [0.2, 0.25) is 5.91 Å². The van der Waals surface area contributed by atoms with E-state index in [1.807, 2.05) is 11.0 Å². The Hall–Kier alpha value is -1.62. The van der Waals surface area contributed by atoms with Gasteiger partial charge in [-0.05, 0) is 25.5 Å². The zero-order chi connectivity index (χ0) is 13.5. The predicted octanol–water partition coefficient (Wildman–Crippen LogP) is 1.23. The van der Waals surface area contributed by atoms with Crippen molar-refractivity contribution in [3.63, 3.8) is 0 Å². The Bertz CT molecular complexity index is 376. The minimum absolute atomic E-state index is 0.190. The topological polar surface area (TPSA) is 79.5 Å². The third-order valence-electron chi connectivity index (χ3n) is 2.69. The van der Waals surface area contributed by atoms with Crippen molar-refractivity contribution in [1.82, 2.24) is 4.98 Å². The molecule has 100 valence electrons. The van der Waals surface area contributed by atoms with Gasteiger partial charge in [0.25, 0.3) is 0 Å². The number of hydrogen-bond acceptors (Lipinski definition) is 4. The van der Waals surface area contributed by atoms with Crippen molar-refractivity contribution in [3.8, 4) is 0 Å². The molecule has 0 aromatic carbocycles. The third-order valence-corrected chi connectivity index (χ3v) is 2.69. The number of unbranched alkanes of at least 4 members (excludes halogenated alkanes) is 1. The number of aliphatic hydroxyl groups is 1. The summed E-state index contributed by atoms with van der Waals surface area (Å²) in [5.41, 5.74) is 6.71. The molecule has 1 aromatic heterocycles. The zero-order valence-electron chi connectivity index (χ0n) is 11.0. The Morgan fingerprint density at radius 3 is 2.72 bits per heavy atom. The van der Waals surface area contributed by atoms with E-state index in [0.717, 1.165) is 25.1 Å². The minimum Gasteiger partial charge on any atom is -0.387 e. The van der Waals surface area contributed by atoms with Crippen LogP contribution >= 0.6 is 0 Å². The van der Waals surface area contributed by atoms with Gasteiger partial charge in [0.05, 0.1) is 30.2 Å². The lowest BCUT2D eigenvalue weighted by molar-refractivity contribution is -0.116. The first-order valence-electron chi connectivity index (χ1n) is 6.21. The highest BCUT2D eigenvalue weighted by Crippen LogP contribution is 2.16. The Balaban J connectivity index is 2.80. The summed E-state index contributed by atoms with van der Waals surface area (Å²) in [5.74, 6) is -0.356. The van der Waals surface area contributed by atoms with Crippen LogP contribution in [0.1, 0.15) is 38.5 Å². The van der Waals surface area contributed by atoms with Gasteiger partial charge in [0.15, 0.2) is 0 Å². The lowest BCUT2D eigenvalue weighted by Gasteiger charge is -2.23. The van der Waals surface area contributed by atoms with Gasteiger partial charge < -0.3 is 15.7 Å². The fourth-order valence-corrected chi connectivity index (χ4v) is 1.67. The first-order valence-corrected chi connectivity index (χ1v) is 6.21. The van der Waals surface area contributed by atoms with Crippen LogP contribution in [0.4, 0.5) is 5.69 Å². The van der Waals surface area contributed by atoms with Crippen molar-refractivity contribution in [1.29, 1.82) is 0 Å². The van der Waals surface area contributed by atoms with Crippen LogP contribution in [-0.2, 0) is 4.79 Å². The highest BCUT2D eigenvalue weighted by atomic mass is 16.3. The maximum atomic E-state index is 11.0. The molecule has 1 atom stereocenters. The van der Waals surface area contributed by atoms with Crippen LogP contribution in [0.25, 0.3) is 0 Å². The fraction of sp³-hybridized carbons (Fsp3) is 0.538. The smallest absolute Gasteiger partial charge is 0.236 e. The van der Waals surface area contributed by atoms with E-state index < -0.39 is 6.10 Å². The van der Waals surface area contributed by atoms with Gasteiger partial charge in [-0.15, -0.1) is 0 Å². The molecule has 0 fully saturated rings. The van der Waals surface area contributed by atoms with Crippen LogP contribution in [-0.4, -0.2) is 29.1 Å². The molecule has 1 amide bonds. The highest BCUT2D eigenvalue weighted by Gasteiger charge is 2.10. The largest absolute Gasteiger partial charge is 0.387 e. The molecule has 0 aliphatic rings. The Morgan fingerprint density at radius 2 is 2.28 bits per heavy atom. The Labute approximate surface area is 108 Å². The van der Waals surface area contributed by atoms with Gasteiger partial charge in [-0.25, -0.2) is 0 Å². The summed E-state index contributed by atoms with van der Waals surface area (Å²) in [6.07, 6.45) is 3.12. The second-order valence-electron chi connectivity index (χ2n) is 4.36. The minimum atomic E-state index is -0.584. The number of amides is 1. The van der Waals surface area contributed by atoms with Crippen LogP contribution in [0.5, 0.6) is 0 Å². The second kappa shape index (κ2) is 6.96. The molecule has 1 rings (SSSR count). The molecule has 0 saturated carbocycles. The zero-order valence-corrected chi connectivity index (χ0v) is 11.0. The van der Waals surface area contributed by atoms with Gasteiger partial charge in [0.1, 0.15) is 0 Å². The number of aliphatic hydroxyl groups excluding tert-OH is 1. The van der Waals surface area contributed by atoms with Crippen molar-refractivity contribution in [3.05, 3.63) is 24.0 Å². The third kappa shape index (κ3) is 4.33. The number of nitrogens with two attached hydrogens (primary N) is 1. The van der Waals surface area contributed by atoms with Crippen molar-refractivity contribution in [2.75, 3.05) is 18.0 Å². The molecule has 1 unspecified atom stereocenters. The van der Waals surface area contributed by atoms with Crippen LogP contribution in [0.15, 0.2) is 18.3 Å². The monoisotopic (exact) mass is 251 g/mol. The molecule has 3 N–H and O–H groups in total. The van der Waals surface area contributed by atoms with Crippen molar-refractivity contribution in [2.45, 2.75) is 32.8 Å². The summed E-state index contributed by atoms with van der Waals surface area (Å²) in [6.45, 7) is 4.72. The van der Waals surface area contributed by atoms with Crippen LogP contribution in [0.3, 0.4) is 0 Å². The summed E-state index contributed by atoms with van der Waals surface area (Å²) in [6, 6.07) is 3.62. The Kier molecular flexibility index (Phi) is 5.58. The molecule has 0 radical (unpaired) electrons. The average molecular weight is 251 g/mol. The van der Waals surface area contributed by atoms with Crippen molar-refractivity contribution < 1.29 is 9.90 Å². The van der Waals surface area contributed by atoms with Gasteiger partial charge in [-0.3, -0.25) is 9.78 Å². The van der Waals surface area contributed by atoms with E-state index in [1.54, 1.807) is 19.2 Å². The van der Waals surface area contributed by atoms with E-state index in [9.17, 15) is 9.90 Å². The van der Waals surface area contributed by atoms with E-state index in [-0.39, 0.29) is 12.5 Å².